The first-order chi connectivity index (χ1) is 13.2. The highest BCUT2D eigenvalue weighted by Crippen LogP contribution is 2.14. The summed E-state index contributed by atoms with van der Waals surface area (Å²) in [6.45, 7) is 1.95. The van der Waals surface area contributed by atoms with Gasteiger partial charge in [0, 0.05) is 44.8 Å². The maximum atomic E-state index is 12.5. The van der Waals surface area contributed by atoms with Gasteiger partial charge in [-0.25, -0.2) is 9.67 Å². The minimum atomic E-state index is 0.0952. The molecule has 0 atom stereocenters. The van der Waals surface area contributed by atoms with Crippen molar-refractivity contribution in [3.8, 4) is 0 Å². The third-order valence-corrected chi connectivity index (χ3v) is 4.83. The quantitative estimate of drug-likeness (QED) is 0.674. The van der Waals surface area contributed by atoms with Gasteiger partial charge >= 0.3 is 0 Å². The molecule has 3 aromatic rings. The van der Waals surface area contributed by atoms with E-state index in [1.54, 1.807) is 6.07 Å². The van der Waals surface area contributed by atoms with E-state index in [4.69, 9.17) is 16.1 Å². The van der Waals surface area contributed by atoms with Crippen molar-refractivity contribution in [1.82, 2.24) is 24.8 Å². The van der Waals surface area contributed by atoms with Gasteiger partial charge < -0.3 is 9.42 Å². The Morgan fingerprint density at radius 2 is 2.04 bits per heavy atom. The maximum Gasteiger partial charge on any atom is 0.223 e. The van der Waals surface area contributed by atoms with Crippen LogP contribution in [0, 0.1) is 0 Å². The number of aromatic nitrogens is 4. The molecule has 27 heavy (non-hydrogen) atoms. The average molecular weight is 386 g/mol. The van der Waals surface area contributed by atoms with Gasteiger partial charge in [-0.3, -0.25) is 4.79 Å². The third kappa shape index (κ3) is 4.36. The Morgan fingerprint density at radius 1 is 1.19 bits per heavy atom. The lowest BCUT2D eigenvalue weighted by Gasteiger charge is -2.19. The van der Waals surface area contributed by atoms with Gasteiger partial charge in [0.25, 0.3) is 0 Å². The van der Waals surface area contributed by atoms with E-state index in [-0.39, 0.29) is 5.91 Å². The highest BCUT2D eigenvalue weighted by Gasteiger charge is 2.21. The fourth-order valence-electron chi connectivity index (χ4n) is 3.25. The Bertz CT molecular complexity index is 896. The Kier molecular flexibility index (Phi) is 5.20. The van der Waals surface area contributed by atoms with Crippen molar-refractivity contribution in [3.63, 3.8) is 0 Å². The Balaban J connectivity index is 1.33. The van der Waals surface area contributed by atoms with Crippen molar-refractivity contribution in [2.24, 2.45) is 0 Å². The number of rotatable bonds is 5. The summed E-state index contributed by atoms with van der Waals surface area (Å²) in [7, 11) is 0. The van der Waals surface area contributed by atoms with E-state index < -0.39 is 0 Å². The van der Waals surface area contributed by atoms with E-state index in [1.165, 1.54) is 5.56 Å². The zero-order valence-electron chi connectivity index (χ0n) is 14.8. The van der Waals surface area contributed by atoms with Crippen LogP contribution in [0.1, 0.15) is 29.4 Å². The van der Waals surface area contributed by atoms with Crippen LogP contribution >= 0.6 is 11.6 Å². The Morgan fingerprint density at radius 3 is 2.81 bits per heavy atom. The minimum absolute atomic E-state index is 0.0952. The second-order valence-corrected chi connectivity index (χ2v) is 6.96. The number of fused-ring (bicyclic) bond motifs is 1. The van der Waals surface area contributed by atoms with Crippen molar-refractivity contribution in [2.45, 2.75) is 32.2 Å². The van der Waals surface area contributed by atoms with Crippen LogP contribution in [0.15, 0.2) is 40.9 Å². The molecule has 0 radical (unpaired) electrons. The van der Waals surface area contributed by atoms with Gasteiger partial charge in [-0.05, 0) is 5.56 Å². The van der Waals surface area contributed by atoms with E-state index in [0.29, 0.717) is 49.8 Å². The molecule has 0 saturated carbocycles. The van der Waals surface area contributed by atoms with Crippen molar-refractivity contribution < 1.29 is 9.32 Å². The van der Waals surface area contributed by atoms with Gasteiger partial charge in [0.2, 0.25) is 5.91 Å². The number of hydrogen-bond donors (Lipinski definition) is 0. The number of halogens is 1. The van der Waals surface area contributed by atoms with Crippen LogP contribution in [0.25, 0.3) is 0 Å². The molecule has 8 heteroatoms. The summed E-state index contributed by atoms with van der Waals surface area (Å²) in [5, 5.41) is 8.57. The number of carbonyl (C=O) groups excluding carboxylic acids is 1. The molecule has 0 fully saturated rings. The first kappa shape index (κ1) is 17.7. The van der Waals surface area contributed by atoms with Crippen LogP contribution in [0.4, 0.5) is 0 Å². The first-order valence-corrected chi connectivity index (χ1v) is 9.40. The molecule has 2 aromatic heterocycles. The summed E-state index contributed by atoms with van der Waals surface area (Å²) < 4.78 is 6.98. The molecule has 0 N–H and O–H groups in total. The minimum Gasteiger partial charge on any atom is -0.360 e. The van der Waals surface area contributed by atoms with Gasteiger partial charge in [-0.1, -0.05) is 47.1 Å². The standard InChI is InChI=1S/C19H20ClN5O2/c20-16-13-15(27-23-16)6-7-19(26)24-9-8-18-21-17(22-25(18)11-10-24)12-14-4-2-1-3-5-14/h1-5,13H,6-12H2. The Labute approximate surface area is 161 Å². The highest BCUT2D eigenvalue weighted by atomic mass is 35.5. The van der Waals surface area contributed by atoms with Crippen LogP contribution in [-0.4, -0.2) is 43.8 Å². The normalized spacial score (nSPS) is 14.0. The maximum absolute atomic E-state index is 12.5. The van der Waals surface area contributed by atoms with Crippen LogP contribution in [0.3, 0.4) is 0 Å². The van der Waals surface area contributed by atoms with Crippen molar-refractivity contribution in [2.75, 3.05) is 13.1 Å². The molecule has 1 amide bonds. The summed E-state index contributed by atoms with van der Waals surface area (Å²) in [5.74, 6) is 2.50. The van der Waals surface area contributed by atoms with Crippen LogP contribution < -0.4 is 0 Å². The Hall–Kier alpha value is -2.67. The smallest absolute Gasteiger partial charge is 0.223 e. The molecule has 1 aromatic carbocycles. The van der Waals surface area contributed by atoms with Gasteiger partial charge in [0.05, 0.1) is 6.54 Å². The topological polar surface area (TPSA) is 77.1 Å². The monoisotopic (exact) mass is 385 g/mol. The van der Waals surface area contributed by atoms with Gasteiger partial charge in [-0.2, -0.15) is 5.10 Å². The van der Waals surface area contributed by atoms with Gasteiger partial charge in [0.15, 0.2) is 11.0 Å². The predicted octanol–water partition coefficient (Wildman–Crippen LogP) is 2.53. The average Bonchev–Trinajstić information content (AvgIpc) is 3.21. The van der Waals surface area contributed by atoms with Crippen molar-refractivity contribution in [3.05, 3.63) is 64.5 Å². The van der Waals surface area contributed by atoms with Gasteiger partial charge in [0.1, 0.15) is 11.6 Å². The lowest BCUT2D eigenvalue weighted by atomic mass is 10.1. The second-order valence-electron chi connectivity index (χ2n) is 6.58. The fraction of sp³-hybridized carbons (Fsp3) is 0.368. The van der Waals surface area contributed by atoms with Crippen LogP contribution in [0.5, 0.6) is 0 Å². The van der Waals surface area contributed by atoms with E-state index in [2.05, 4.69) is 27.4 Å². The number of carbonyl (C=O) groups is 1. The molecule has 1 aliphatic rings. The van der Waals surface area contributed by atoms with E-state index in [9.17, 15) is 4.79 Å². The zero-order valence-corrected chi connectivity index (χ0v) is 15.6. The summed E-state index contributed by atoms with van der Waals surface area (Å²) in [6, 6.07) is 11.8. The summed E-state index contributed by atoms with van der Waals surface area (Å²) in [6.07, 6.45) is 2.31. The molecule has 0 aliphatic carbocycles. The molecule has 0 spiro atoms. The van der Waals surface area contributed by atoms with Crippen LogP contribution in [0.2, 0.25) is 5.15 Å². The number of benzene rings is 1. The predicted molar refractivity (Wildman–Crippen MR) is 99.4 cm³/mol. The molecule has 140 valence electrons. The molecule has 7 nitrogen and oxygen atoms in total. The number of aryl methyl sites for hydroxylation is 1. The molecular formula is C19H20ClN5O2. The molecule has 0 saturated heterocycles. The molecule has 1 aliphatic heterocycles. The molecular weight excluding hydrogens is 366 g/mol. The molecule has 3 heterocycles. The van der Waals surface area contributed by atoms with Gasteiger partial charge in [-0.15, -0.1) is 0 Å². The van der Waals surface area contributed by atoms with E-state index in [1.807, 2.05) is 27.8 Å². The first-order valence-electron chi connectivity index (χ1n) is 9.03. The number of amides is 1. The molecule has 0 bridgehead atoms. The zero-order chi connectivity index (χ0) is 18.6. The van der Waals surface area contributed by atoms with Crippen molar-refractivity contribution in [1.29, 1.82) is 0 Å². The second kappa shape index (κ2) is 7.92. The number of hydrogen-bond acceptors (Lipinski definition) is 5. The third-order valence-electron chi connectivity index (χ3n) is 4.65. The summed E-state index contributed by atoms with van der Waals surface area (Å²) >= 11 is 5.73. The largest absolute Gasteiger partial charge is 0.360 e. The van der Waals surface area contributed by atoms with E-state index >= 15 is 0 Å². The molecule has 4 rings (SSSR count). The lowest BCUT2D eigenvalue weighted by molar-refractivity contribution is -0.131. The van der Waals surface area contributed by atoms with Crippen LogP contribution in [-0.2, 0) is 30.6 Å². The lowest BCUT2D eigenvalue weighted by Crippen LogP contribution is -2.33. The highest BCUT2D eigenvalue weighted by molar-refractivity contribution is 6.29. The van der Waals surface area contributed by atoms with Crippen molar-refractivity contribution >= 4 is 17.5 Å². The summed E-state index contributed by atoms with van der Waals surface area (Å²) in [5.41, 5.74) is 1.20. The molecule has 0 unspecified atom stereocenters. The fourth-order valence-corrected chi connectivity index (χ4v) is 3.41. The number of nitrogens with zero attached hydrogens (tertiary/aromatic N) is 5. The SMILES string of the molecule is O=C(CCc1cc(Cl)no1)N1CCc2nc(Cc3ccccc3)nn2CC1. The summed E-state index contributed by atoms with van der Waals surface area (Å²) in [4.78, 5) is 19.0. The van der Waals surface area contributed by atoms with E-state index in [0.717, 1.165) is 18.1 Å².